The van der Waals surface area contributed by atoms with Crippen molar-refractivity contribution in [3.63, 3.8) is 0 Å². The lowest BCUT2D eigenvalue weighted by molar-refractivity contribution is 0.394. The number of rotatable bonds is 11. The standard InChI is InChI=1S/C17H20O2.C14H14O2.2C8H10O2/c1-17(2,13-5-9-15(18-3)10-6-13)14-7-11-16(19-4)12-8-14;1-15-13-7-3-11(4-8-13)12-5-9-14(16-2)10-6-12;1-9-7-3-5-8(10-2)6-4-7;1-9-7-4-3-5-8(6-7)10-2/h5-12H,1-4H3;3-10H,1-2H3;2*3-6H,1-2H3. The molecule has 0 bridgehead atoms. The normalized spacial score (nSPS) is 10.0. The van der Waals surface area contributed by atoms with E-state index in [0.29, 0.717) is 0 Å². The second-order valence-corrected chi connectivity index (χ2v) is 12.3. The van der Waals surface area contributed by atoms with Crippen LogP contribution < -0.4 is 37.9 Å². The van der Waals surface area contributed by atoms with Gasteiger partial charge in [0.25, 0.3) is 0 Å². The van der Waals surface area contributed by atoms with Crippen molar-refractivity contribution in [3.05, 3.63) is 157 Å². The van der Waals surface area contributed by atoms with Gasteiger partial charge < -0.3 is 37.9 Å². The number of hydrogen-bond donors (Lipinski definition) is 0. The summed E-state index contributed by atoms with van der Waals surface area (Å²) in [6.45, 7) is 4.44. The van der Waals surface area contributed by atoms with Gasteiger partial charge in [0.05, 0.1) is 56.9 Å². The molecule has 8 heteroatoms. The molecule has 6 aromatic carbocycles. The number of ether oxygens (including phenoxy) is 8. The van der Waals surface area contributed by atoms with Crippen LogP contribution in [0.15, 0.2) is 146 Å². The molecule has 0 saturated carbocycles. The summed E-state index contributed by atoms with van der Waals surface area (Å²) in [5.41, 5.74) is 4.82. The molecule has 0 radical (unpaired) electrons. The minimum Gasteiger partial charge on any atom is -0.497 e. The zero-order valence-electron chi connectivity index (χ0n) is 33.6. The van der Waals surface area contributed by atoms with E-state index in [1.54, 1.807) is 56.9 Å². The summed E-state index contributed by atoms with van der Waals surface area (Å²) in [5.74, 6) is 6.85. The van der Waals surface area contributed by atoms with E-state index in [0.717, 1.165) is 46.0 Å². The molecule has 0 unspecified atom stereocenters. The summed E-state index contributed by atoms with van der Waals surface area (Å²) in [4.78, 5) is 0. The van der Waals surface area contributed by atoms with Crippen molar-refractivity contribution in [2.75, 3.05) is 56.9 Å². The quantitative estimate of drug-likeness (QED) is 0.130. The summed E-state index contributed by atoms with van der Waals surface area (Å²) < 4.78 is 40.5. The van der Waals surface area contributed by atoms with Gasteiger partial charge in [0, 0.05) is 11.5 Å². The number of methoxy groups -OCH3 is 8. The minimum absolute atomic E-state index is 0.0431. The molecule has 0 aromatic heterocycles. The molecule has 0 N–H and O–H groups in total. The fraction of sp³-hybridized carbons (Fsp3) is 0.234. The summed E-state index contributed by atoms with van der Waals surface area (Å²) in [5, 5.41) is 0. The Labute approximate surface area is 327 Å². The fourth-order valence-corrected chi connectivity index (χ4v) is 5.19. The Morgan fingerprint density at radius 2 is 0.491 bits per heavy atom. The maximum atomic E-state index is 5.20. The van der Waals surface area contributed by atoms with Crippen molar-refractivity contribution in [2.45, 2.75) is 19.3 Å². The van der Waals surface area contributed by atoms with Crippen LogP contribution in [-0.2, 0) is 5.41 Å². The van der Waals surface area contributed by atoms with Crippen LogP contribution in [0.5, 0.6) is 46.0 Å². The summed E-state index contributed by atoms with van der Waals surface area (Å²) in [6, 6.07) is 47.4. The predicted molar refractivity (Wildman–Crippen MR) is 222 cm³/mol. The SMILES string of the molecule is COc1ccc(-c2ccc(OC)cc2)cc1.COc1ccc(C(C)(C)c2ccc(OC)cc2)cc1.COc1ccc(OC)cc1.COc1cccc(OC)c1. The fourth-order valence-electron chi connectivity index (χ4n) is 5.19. The van der Waals surface area contributed by atoms with Gasteiger partial charge in [-0.15, -0.1) is 0 Å². The second-order valence-electron chi connectivity index (χ2n) is 12.3. The highest BCUT2D eigenvalue weighted by Crippen LogP contribution is 2.33. The zero-order chi connectivity index (χ0) is 40.1. The second kappa shape index (κ2) is 22.7. The lowest BCUT2D eigenvalue weighted by atomic mass is 9.78. The molecule has 0 amide bonds. The van der Waals surface area contributed by atoms with Crippen LogP contribution in [0.4, 0.5) is 0 Å². The molecule has 8 nitrogen and oxygen atoms in total. The first-order chi connectivity index (χ1) is 26.6. The monoisotopic (exact) mass is 746 g/mol. The van der Waals surface area contributed by atoms with E-state index >= 15 is 0 Å². The first kappa shape index (κ1) is 43.1. The first-order valence-electron chi connectivity index (χ1n) is 17.6. The van der Waals surface area contributed by atoms with Gasteiger partial charge in [0.15, 0.2) is 0 Å². The topological polar surface area (TPSA) is 73.8 Å². The Hall–Kier alpha value is -6.28. The predicted octanol–water partition coefficient (Wildman–Crippen LogP) is 10.8. The summed E-state index contributed by atoms with van der Waals surface area (Å²) in [7, 11) is 13.3. The van der Waals surface area contributed by atoms with E-state index in [4.69, 9.17) is 37.9 Å². The maximum absolute atomic E-state index is 5.20. The van der Waals surface area contributed by atoms with Crippen LogP contribution in [0.1, 0.15) is 25.0 Å². The van der Waals surface area contributed by atoms with Crippen LogP contribution in [0.25, 0.3) is 11.1 Å². The van der Waals surface area contributed by atoms with Crippen LogP contribution in [0.2, 0.25) is 0 Å². The Morgan fingerprint density at radius 1 is 0.273 bits per heavy atom. The van der Waals surface area contributed by atoms with Crippen LogP contribution in [0.3, 0.4) is 0 Å². The third kappa shape index (κ3) is 13.6. The van der Waals surface area contributed by atoms with Gasteiger partial charge >= 0.3 is 0 Å². The largest absolute Gasteiger partial charge is 0.497 e. The average molecular weight is 747 g/mol. The Bertz CT molecular complexity index is 1780. The molecule has 290 valence electrons. The minimum atomic E-state index is -0.0431. The van der Waals surface area contributed by atoms with Crippen LogP contribution in [0, 0.1) is 0 Å². The molecule has 0 heterocycles. The van der Waals surface area contributed by atoms with Crippen molar-refractivity contribution in [3.8, 4) is 57.1 Å². The maximum Gasteiger partial charge on any atom is 0.122 e. The van der Waals surface area contributed by atoms with Crippen molar-refractivity contribution < 1.29 is 37.9 Å². The molecule has 0 aliphatic carbocycles. The van der Waals surface area contributed by atoms with Gasteiger partial charge in [-0.05, 0) is 107 Å². The van der Waals surface area contributed by atoms with Gasteiger partial charge in [-0.25, -0.2) is 0 Å². The molecule has 0 saturated heterocycles. The third-order valence-electron chi connectivity index (χ3n) is 8.71. The number of hydrogen-bond acceptors (Lipinski definition) is 8. The van der Waals surface area contributed by atoms with Gasteiger partial charge in [-0.2, -0.15) is 0 Å². The molecule has 0 spiro atoms. The molecular formula is C47H54O8. The van der Waals surface area contributed by atoms with Crippen molar-refractivity contribution in [2.24, 2.45) is 0 Å². The van der Waals surface area contributed by atoms with Gasteiger partial charge in [0.1, 0.15) is 46.0 Å². The lowest BCUT2D eigenvalue weighted by Crippen LogP contribution is -2.18. The van der Waals surface area contributed by atoms with Crippen LogP contribution >= 0.6 is 0 Å². The van der Waals surface area contributed by atoms with E-state index in [9.17, 15) is 0 Å². The molecule has 6 rings (SSSR count). The Balaban J connectivity index is 0.000000205. The molecule has 6 aromatic rings. The third-order valence-corrected chi connectivity index (χ3v) is 8.71. The highest BCUT2D eigenvalue weighted by atomic mass is 16.5. The van der Waals surface area contributed by atoms with E-state index in [-0.39, 0.29) is 5.41 Å². The molecule has 55 heavy (non-hydrogen) atoms. The van der Waals surface area contributed by atoms with Crippen molar-refractivity contribution >= 4 is 0 Å². The summed E-state index contributed by atoms with van der Waals surface area (Å²) in [6.07, 6.45) is 0. The molecule has 0 atom stereocenters. The van der Waals surface area contributed by atoms with E-state index in [1.807, 2.05) is 121 Å². The number of benzene rings is 6. The van der Waals surface area contributed by atoms with E-state index < -0.39 is 0 Å². The molecule has 0 aliphatic heterocycles. The van der Waals surface area contributed by atoms with Gasteiger partial charge in [-0.3, -0.25) is 0 Å². The smallest absolute Gasteiger partial charge is 0.122 e. The Kier molecular flexibility index (Phi) is 17.8. The Morgan fingerprint density at radius 3 is 0.727 bits per heavy atom. The van der Waals surface area contributed by atoms with E-state index in [1.165, 1.54) is 22.3 Å². The van der Waals surface area contributed by atoms with E-state index in [2.05, 4.69) is 38.1 Å². The lowest BCUT2D eigenvalue weighted by Gasteiger charge is -2.26. The molecular weight excluding hydrogens is 693 g/mol. The van der Waals surface area contributed by atoms with Crippen molar-refractivity contribution in [1.29, 1.82) is 0 Å². The van der Waals surface area contributed by atoms with Crippen LogP contribution in [-0.4, -0.2) is 56.9 Å². The van der Waals surface area contributed by atoms with Gasteiger partial charge in [0.2, 0.25) is 0 Å². The molecule has 0 aliphatic rings. The highest BCUT2D eigenvalue weighted by Gasteiger charge is 2.23. The molecule has 0 fully saturated rings. The van der Waals surface area contributed by atoms with Crippen molar-refractivity contribution in [1.82, 2.24) is 0 Å². The average Bonchev–Trinajstić information content (AvgIpc) is 3.27. The first-order valence-corrected chi connectivity index (χ1v) is 17.6. The zero-order valence-corrected chi connectivity index (χ0v) is 33.6. The highest BCUT2D eigenvalue weighted by molar-refractivity contribution is 5.64. The summed E-state index contributed by atoms with van der Waals surface area (Å²) >= 11 is 0. The van der Waals surface area contributed by atoms with Gasteiger partial charge in [-0.1, -0.05) is 68.4 Å².